The first-order valence-corrected chi connectivity index (χ1v) is 8.57. The van der Waals surface area contributed by atoms with E-state index in [0.29, 0.717) is 23.8 Å². The van der Waals surface area contributed by atoms with Gasteiger partial charge in [-0.05, 0) is 17.7 Å². The highest BCUT2D eigenvalue weighted by Gasteiger charge is 2.25. The third-order valence-corrected chi connectivity index (χ3v) is 5.22. The van der Waals surface area contributed by atoms with E-state index in [9.17, 15) is 8.42 Å². The monoisotopic (exact) mass is 327 g/mol. The van der Waals surface area contributed by atoms with Crippen LogP contribution in [0, 0.1) is 0 Å². The molecule has 7 heteroatoms. The molecule has 1 aromatic carbocycles. The second kappa shape index (κ2) is 6.60. The Kier molecular flexibility index (Phi) is 5.03. The Balaban J connectivity index is 2.27. The molecule has 0 aliphatic rings. The summed E-state index contributed by atoms with van der Waals surface area (Å²) in [4.78, 5) is 6.90. The number of hydrogen-bond acceptors (Lipinski definition) is 3. The zero-order valence-electron chi connectivity index (χ0n) is 12.0. The van der Waals surface area contributed by atoms with Gasteiger partial charge in [0.05, 0.1) is 6.20 Å². The van der Waals surface area contributed by atoms with Gasteiger partial charge in [0.15, 0.2) is 5.03 Å². The lowest BCUT2D eigenvalue weighted by Gasteiger charge is -2.19. The lowest BCUT2D eigenvalue weighted by atomic mass is 10.2. The number of H-pyrrole nitrogens is 1. The minimum atomic E-state index is -3.58. The molecule has 0 radical (unpaired) electrons. The quantitative estimate of drug-likeness (QED) is 0.887. The second-order valence-electron chi connectivity index (χ2n) is 4.61. The van der Waals surface area contributed by atoms with E-state index in [1.807, 2.05) is 19.1 Å². The molecule has 0 saturated heterocycles. The maximum Gasteiger partial charge on any atom is 0.260 e. The molecule has 5 nitrogen and oxygen atoms in total. The van der Waals surface area contributed by atoms with Gasteiger partial charge in [0.25, 0.3) is 10.0 Å². The number of benzene rings is 1. The SMILES string of the molecule is CCc1ncc(S(=O)(=O)N(CC)Cc2cccc(Cl)c2)[nH]1. The summed E-state index contributed by atoms with van der Waals surface area (Å²) in [5.74, 6) is 0.660. The van der Waals surface area contributed by atoms with Crippen LogP contribution in [-0.4, -0.2) is 29.2 Å². The maximum absolute atomic E-state index is 12.6. The van der Waals surface area contributed by atoms with Crippen LogP contribution in [0.25, 0.3) is 0 Å². The van der Waals surface area contributed by atoms with Crippen LogP contribution in [0.2, 0.25) is 5.02 Å². The molecule has 0 atom stereocenters. The van der Waals surface area contributed by atoms with Gasteiger partial charge in [0.2, 0.25) is 0 Å². The summed E-state index contributed by atoms with van der Waals surface area (Å²) in [6.07, 6.45) is 2.03. The van der Waals surface area contributed by atoms with Crippen molar-refractivity contribution in [3.63, 3.8) is 0 Å². The molecule has 1 aromatic heterocycles. The van der Waals surface area contributed by atoms with Crippen molar-refractivity contribution in [2.75, 3.05) is 6.54 Å². The lowest BCUT2D eigenvalue weighted by molar-refractivity contribution is 0.421. The summed E-state index contributed by atoms with van der Waals surface area (Å²) in [5.41, 5.74) is 0.850. The van der Waals surface area contributed by atoms with Crippen molar-refractivity contribution in [2.45, 2.75) is 31.8 Å². The second-order valence-corrected chi connectivity index (χ2v) is 6.95. The molecule has 1 N–H and O–H groups in total. The van der Waals surface area contributed by atoms with E-state index in [4.69, 9.17) is 11.6 Å². The van der Waals surface area contributed by atoms with E-state index in [1.165, 1.54) is 10.5 Å². The van der Waals surface area contributed by atoms with Crippen LogP contribution in [0.5, 0.6) is 0 Å². The number of halogens is 1. The zero-order valence-corrected chi connectivity index (χ0v) is 13.6. The number of nitrogens with one attached hydrogen (secondary N) is 1. The van der Waals surface area contributed by atoms with Crippen molar-refractivity contribution in [1.29, 1.82) is 0 Å². The van der Waals surface area contributed by atoms with Gasteiger partial charge in [0, 0.05) is 24.5 Å². The average molecular weight is 328 g/mol. The Hall–Kier alpha value is -1.37. The molecule has 0 saturated carbocycles. The molecule has 1 heterocycles. The maximum atomic E-state index is 12.6. The number of aryl methyl sites for hydroxylation is 1. The lowest BCUT2D eigenvalue weighted by Crippen LogP contribution is -2.30. The molecular formula is C14H18ClN3O2S. The third-order valence-electron chi connectivity index (χ3n) is 3.16. The largest absolute Gasteiger partial charge is 0.332 e. The first-order valence-electron chi connectivity index (χ1n) is 6.75. The number of rotatable bonds is 6. The van der Waals surface area contributed by atoms with Crippen molar-refractivity contribution in [3.05, 3.63) is 46.9 Å². The van der Waals surface area contributed by atoms with Gasteiger partial charge in [-0.25, -0.2) is 13.4 Å². The molecule has 0 bridgehead atoms. The van der Waals surface area contributed by atoms with Crippen LogP contribution in [0.15, 0.2) is 35.5 Å². The number of sulfonamides is 1. The van der Waals surface area contributed by atoms with E-state index in [0.717, 1.165) is 5.56 Å². The summed E-state index contributed by atoms with van der Waals surface area (Å²) in [6, 6.07) is 7.19. The van der Waals surface area contributed by atoms with E-state index < -0.39 is 10.0 Å². The highest BCUT2D eigenvalue weighted by molar-refractivity contribution is 7.89. The van der Waals surface area contributed by atoms with Gasteiger partial charge in [-0.2, -0.15) is 4.31 Å². The van der Waals surface area contributed by atoms with Crippen molar-refractivity contribution in [2.24, 2.45) is 0 Å². The fraction of sp³-hybridized carbons (Fsp3) is 0.357. The van der Waals surface area contributed by atoms with Gasteiger partial charge in [-0.3, -0.25) is 0 Å². The molecule has 0 amide bonds. The first kappa shape index (κ1) is 16.0. The van der Waals surface area contributed by atoms with Crippen LogP contribution < -0.4 is 0 Å². The van der Waals surface area contributed by atoms with Crippen LogP contribution in [0.1, 0.15) is 25.2 Å². The number of hydrogen-bond donors (Lipinski definition) is 1. The van der Waals surface area contributed by atoms with Gasteiger partial charge in [-0.15, -0.1) is 0 Å². The summed E-state index contributed by atoms with van der Waals surface area (Å²) in [5, 5.41) is 0.721. The number of aromatic nitrogens is 2. The van der Waals surface area contributed by atoms with Crippen LogP contribution in [0.3, 0.4) is 0 Å². The summed E-state index contributed by atoms with van der Waals surface area (Å²) >= 11 is 5.94. The normalized spacial score (nSPS) is 12.0. The van der Waals surface area contributed by atoms with Crippen molar-refractivity contribution >= 4 is 21.6 Å². The van der Waals surface area contributed by atoms with Gasteiger partial charge in [-0.1, -0.05) is 37.6 Å². The molecular weight excluding hydrogens is 310 g/mol. The summed E-state index contributed by atoms with van der Waals surface area (Å²) in [7, 11) is -3.58. The highest BCUT2D eigenvalue weighted by Crippen LogP contribution is 2.18. The minimum Gasteiger partial charge on any atom is -0.332 e. The number of imidazole rings is 1. The third kappa shape index (κ3) is 3.64. The highest BCUT2D eigenvalue weighted by atomic mass is 35.5. The topological polar surface area (TPSA) is 66.1 Å². The molecule has 0 fully saturated rings. The van der Waals surface area contributed by atoms with Gasteiger partial charge >= 0.3 is 0 Å². The molecule has 0 spiro atoms. The fourth-order valence-corrected chi connectivity index (χ4v) is 3.58. The van der Waals surface area contributed by atoms with Crippen LogP contribution in [-0.2, 0) is 23.0 Å². The molecule has 2 rings (SSSR count). The summed E-state index contributed by atoms with van der Waals surface area (Å²) in [6.45, 7) is 4.37. The first-order chi connectivity index (χ1) is 9.97. The number of nitrogens with zero attached hydrogens (tertiary/aromatic N) is 2. The molecule has 21 heavy (non-hydrogen) atoms. The van der Waals surface area contributed by atoms with Crippen molar-refractivity contribution in [1.82, 2.24) is 14.3 Å². The Morgan fingerprint density at radius 1 is 1.33 bits per heavy atom. The Morgan fingerprint density at radius 3 is 2.67 bits per heavy atom. The van der Waals surface area contributed by atoms with E-state index in [1.54, 1.807) is 19.1 Å². The van der Waals surface area contributed by atoms with Crippen molar-refractivity contribution in [3.8, 4) is 0 Å². The Labute approximate surface area is 130 Å². The van der Waals surface area contributed by atoms with E-state index >= 15 is 0 Å². The van der Waals surface area contributed by atoms with Crippen LogP contribution >= 0.6 is 11.6 Å². The van der Waals surface area contributed by atoms with Crippen molar-refractivity contribution < 1.29 is 8.42 Å². The number of aromatic amines is 1. The minimum absolute atomic E-state index is 0.128. The Morgan fingerprint density at radius 2 is 2.10 bits per heavy atom. The fourth-order valence-electron chi connectivity index (χ4n) is 2.00. The summed E-state index contributed by atoms with van der Waals surface area (Å²) < 4.78 is 26.6. The molecule has 114 valence electrons. The molecule has 0 aliphatic carbocycles. The molecule has 0 aliphatic heterocycles. The smallest absolute Gasteiger partial charge is 0.260 e. The molecule has 0 unspecified atom stereocenters. The van der Waals surface area contributed by atoms with Gasteiger partial charge in [0.1, 0.15) is 5.82 Å². The molecule has 2 aromatic rings. The standard InChI is InChI=1S/C14H18ClN3O2S/c1-3-13-16-9-14(17-13)21(19,20)18(4-2)10-11-6-5-7-12(15)8-11/h5-9H,3-4,10H2,1-2H3,(H,16,17). The average Bonchev–Trinajstić information content (AvgIpc) is 2.94. The van der Waals surface area contributed by atoms with E-state index in [2.05, 4.69) is 9.97 Å². The van der Waals surface area contributed by atoms with E-state index in [-0.39, 0.29) is 11.6 Å². The zero-order chi connectivity index (χ0) is 15.5. The Bertz CT molecular complexity index is 713. The predicted molar refractivity (Wildman–Crippen MR) is 82.7 cm³/mol. The van der Waals surface area contributed by atoms with Crippen LogP contribution in [0.4, 0.5) is 0 Å². The van der Waals surface area contributed by atoms with Gasteiger partial charge < -0.3 is 4.98 Å². The predicted octanol–water partition coefficient (Wildman–Crippen LogP) is 2.84.